The zero-order valence-electron chi connectivity index (χ0n) is 11.3. The van der Waals surface area contributed by atoms with Gasteiger partial charge in [0.1, 0.15) is 0 Å². The van der Waals surface area contributed by atoms with Crippen molar-refractivity contribution in [3.8, 4) is 5.95 Å². The Hall–Kier alpha value is -1.73. The molecule has 2 rings (SSSR count). The lowest BCUT2D eigenvalue weighted by Crippen LogP contribution is -2.11. The molecule has 0 aliphatic rings. The zero-order chi connectivity index (χ0) is 14.2. The second-order valence-electron chi connectivity index (χ2n) is 4.07. The molecule has 0 saturated heterocycles. The highest BCUT2D eigenvalue weighted by atomic mass is 35.5. The van der Waals surface area contributed by atoms with Crippen LogP contribution in [0.2, 0.25) is 5.28 Å². The standard InChI is InChI=1S/C12H17ClN6O/c1-2-8-20-9-4-5-14-11-16-10(13)17-12(18-11)19-7-3-6-15-19/h3,6-7H,2,4-5,8-9H2,1H3,(H,14,16,17,18). The van der Waals surface area contributed by atoms with Crippen LogP contribution in [-0.4, -0.2) is 44.5 Å². The zero-order valence-corrected chi connectivity index (χ0v) is 12.0. The lowest BCUT2D eigenvalue weighted by atomic mass is 10.4. The average Bonchev–Trinajstić information content (AvgIpc) is 2.96. The van der Waals surface area contributed by atoms with Crippen LogP contribution in [0.4, 0.5) is 5.95 Å². The Morgan fingerprint density at radius 2 is 2.20 bits per heavy atom. The van der Waals surface area contributed by atoms with Crippen molar-refractivity contribution in [3.05, 3.63) is 23.7 Å². The number of hydrogen-bond acceptors (Lipinski definition) is 6. The molecule has 0 aliphatic carbocycles. The molecule has 0 amide bonds. The number of aromatic nitrogens is 5. The summed E-state index contributed by atoms with van der Waals surface area (Å²) in [6, 6.07) is 1.79. The van der Waals surface area contributed by atoms with Crippen LogP contribution in [0.25, 0.3) is 5.95 Å². The van der Waals surface area contributed by atoms with Crippen LogP contribution < -0.4 is 5.32 Å². The average molecular weight is 297 g/mol. The summed E-state index contributed by atoms with van der Waals surface area (Å²) in [7, 11) is 0. The number of ether oxygens (including phenoxy) is 1. The summed E-state index contributed by atoms with van der Waals surface area (Å²) in [5, 5.41) is 7.29. The molecule has 0 radical (unpaired) electrons. The minimum atomic E-state index is 0.134. The Bertz CT molecular complexity index is 519. The molecule has 0 atom stereocenters. The van der Waals surface area contributed by atoms with Gasteiger partial charge in [-0.25, -0.2) is 4.68 Å². The third-order valence-electron chi connectivity index (χ3n) is 2.40. The van der Waals surface area contributed by atoms with Crippen molar-refractivity contribution in [1.82, 2.24) is 24.7 Å². The first-order valence-corrected chi connectivity index (χ1v) is 6.90. The van der Waals surface area contributed by atoms with Crippen molar-refractivity contribution in [1.29, 1.82) is 0 Å². The van der Waals surface area contributed by atoms with Gasteiger partial charge in [0.25, 0.3) is 5.95 Å². The van der Waals surface area contributed by atoms with Crippen molar-refractivity contribution in [3.63, 3.8) is 0 Å². The van der Waals surface area contributed by atoms with Crippen LogP contribution in [0, 0.1) is 0 Å². The van der Waals surface area contributed by atoms with Gasteiger partial charge in [0.2, 0.25) is 11.2 Å². The van der Waals surface area contributed by atoms with E-state index in [1.54, 1.807) is 18.5 Å². The van der Waals surface area contributed by atoms with Crippen molar-refractivity contribution in [2.45, 2.75) is 19.8 Å². The molecular weight excluding hydrogens is 280 g/mol. The van der Waals surface area contributed by atoms with Crippen LogP contribution in [0.3, 0.4) is 0 Å². The number of rotatable bonds is 8. The van der Waals surface area contributed by atoms with Crippen LogP contribution >= 0.6 is 11.6 Å². The predicted octanol–water partition coefficient (Wildman–Crippen LogP) is 1.94. The van der Waals surface area contributed by atoms with E-state index >= 15 is 0 Å². The minimum Gasteiger partial charge on any atom is -0.381 e. The van der Waals surface area contributed by atoms with E-state index in [0.717, 1.165) is 19.4 Å². The van der Waals surface area contributed by atoms with Gasteiger partial charge in [-0.2, -0.15) is 20.1 Å². The van der Waals surface area contributed by atoms with E-state index in [1.807, 2.05) is 0 Å². The molecule has 8 heteroatoms. The Morgan fingerprint density at radius 3 is 2.95 bits per heavy atom. The number of hydrogen-bond donors (Lipinski definition) is 1. The van der Waals surface area contributed by atoms with Gasteiger partial charge in [-0.15, -0.1) is 0 Å². The van der Waals surface area contributed by atoms with Crippen LogP contribution in [0.5, 0.6) is 0 Å². The fourth-order valence-electron chi connectivity index (χ4n) is 1.53. The first-order chi connectivity index (χ1) is 9.79. The minimum absolute atomic E-state index is 0.134. The van der Waals surface area contributed by atoms with Gasteiger partial charge >= 0.3 is 0 Å². The largest absolute Gasteiger partial charge is 0.381 e. The highest BCUT2D eigenvalue weighted by molar-refractivity contribution is 6.28. The van der Waals surface area contributed by atoms with E-state index in [1.165, 1.54) is 4.68 Å². The molecule has 1 N–H and O–H groups in total. The topological polar surface area (TPSA) is 77.8 Å². The van der Waals surface area contributed by atoms with E-state index in [2.05, 4.69) is 32.3 Å². The number of nitrogens with zero attached hydrogens (tertiary/aromatic N) is 5. The molecule has 0 aromatic carbocycles. The molecule has 2 aromatic heterocycles. The highest BCUT2D eigenvalue weighted by Gasteiger charge is 2.06. The monoisotopic (exact) mass is 296 g/mol. The second kappa shape index (κ2) is 7.76. The summed E-state index contributed by atoms with van der Waals surface area (Å²) < 4.78 is 6.92. The smallest absolute Gasteiger partial charge is 0.256 e. The van der Waals surface area contributed by atoms with E-state index in [4.69, 9.17) is 16.3 Å². The Balaban J connectivity index is 1.88. The summed E-state index contributed by atoms with van der Waals surface area (Å²) in [6.07, 6.45) is 5.30. The third-order valence-corrected chi connectivity index (χ3v) is 2.57. The van der Waals surface area contributed by atoms with Crippen LogP contribution in [-0.2, 0) is 4.74 Å². The molecule has 0 unspecified atom stereocenters. The maximum Gasteiger partial charge on any atom is 0.256 e. The SMILES string of the molecule is CCCOCCCNc1nc(Cl)nc(-n2cccn2)n1. The molecule has 108 valence electrons. The maximum absolute atomic E-state index is 5.88. The molecule has 0 spiro atoms. The predicted molar refractivity (Wildman–Crippen MR) is 76.2 cm³/mol. The lowest BCUT2D eigenvalue weighted by Gasteiger charge is -2.07. The van der Waals surface area contributed by atoms with Crippen molar-refractivity contribution in [2.75, 3.05) is 25.1 Å². The number of nitrogens with one attached hydrogen (secondary N) is 1. The van der Waals surface area contributed by atoms with Gasteiger partial charge in [-0.05, 0) is 30.5 Å². The van der Waals surface area contributed by atoms with E-state index < -0.39 is 0 Å². The van der Waals surface area contributed by atoms with E-state index in [-0.39, 0.29) is 5.28 Å². The number of anilines is 1. The third kappa shape index (κ3) is 4.43. The first-order valence-electron chi connectivity index (χ1n) is 6.53. The van der Waals surface area contributed by atoms with Gasteiger partial charge in [0, 0.05) is 32.2 Å². The molecule has 0 fully saturated rings. The molecule has 2 heterocycles. The van der Waals surface area contributed by atoms with E-state index in [0.29, 0.717) is 25.0 Å². The summed E-state index contributed by atoms with van der Waals surface area (Å²) >= 11 is 5.88. The summed E-state index contributed by atoms with van der Waals surface area (Å²) in [5.41, 5.74) is 0. The number of halogens is 1. The van der Waals surface area contributed by atoms with Crippen LogP contribution in [0.1, 0.15) is 19.8 Å². The molecule has 20 heavy (non-hydrogen) atoms. The summed E-state index contributed by atoms with van der Waals surface area (Å²) in [5.74, 6) is 0.825. The molecule has 0 bridgehead atoms. The van der Waals surface area contributed by atoms with Gasteiger partial charge in [-0.1, -0.05) is 6.92 Å². The summed E-state index contributed by atoms with van der Waals surface area (Å²) in [6.45, 7) is 4.30. The second-order valence-corrected chi connectivity index (χ2v) is 4.41. The van der Waals surface area contributed by atoms with E-state index in [9.17, 15) is 0 Å². The normalized spacial score (nSPS) is 10.7. The van der Waals surface area contributed by atoms with Gasteiger partial charge in [0.15, 0.2) is 0 Å². The fourth-order valence-corrected chi connectivity index (χ4v) is 1.68. The lowest BCUT2D eigenvalue weighted by molar-refractivity contribution is 0.134. The van der Waals surface area contributed by atoms with Gasteiger partial charge < -0.3 is 10.1 Å². The van der Waals surface area contributed by atoms with Gasteiger partial charge in [-0.3, -0.25) is 0 Å². The molecule has 0 aliphatic heterocycles. The molecular formula is C12H17ClN6O. The quantitative estimate of drug-likeness (QED) is 0.750. The van der Waals surface area contributed by atoms with Crippen LogP contribution in [0.15, 0.2) is 18.5 Å². The fraction of sp³-hybridized carbons (Fsp3) is 0.500. The van der Waals surface area contributed by atoms with Crippen molar-refractivity contribution < 1.29 is 4.74 Å². The van der Waals surface area contributed by atoms with Crippen molar-refractivity contribution in [2.24, 2.45) is 0 Å². The highest BCUT2D eigenvalue weighted by Crippen LogP contribution is 2.08. The molecule has 7 nitrogen and oxygen atoms in total. The molecule has 0 saturated carbocycles. The Morgan fingerprint density at radius 1 is 1.30 bits per heavy atom. The molecule has 2 aromatic rings. The maximum atomic E-state index is 5.88. The van der Waals surface area contributed by atoms with Crippen molar-refractivity contribution >= 4 is 17.5 Å². The first kappa shape index (κ1) is 14.7. The Kier molecular flexibility index (Phi) is 5.69. The summed E-state index contributed by atoms with van der Waals surface area (Å²) in [4.78, 5) is 12.3. The Labute approximate surface area is 122 Å². The van der Waals surface area contributed by atoms with Gasteiger partial charge in [0.05, 0.1) is 0 Å².